The first-order chi connectivity index (χ1) is 12.3. The van der Waals surface area contributed by atoms with Crippen LogP contribution >= 0.6 is 0 Å². The van der Waals surface area contributed by atoms with Gasteiger partial charge in [-0.15, -0.1) is 0 Å². The summed E-state index contributed by atoms with van der Waals surface area (Å²) in [5.74, 6) is 2.25. The molecule has 0 bridgehead atoms. The third-order valence-electron chi connectivity index (χ3n) is 5.67. The monoisotopic (exact) mass is 335 g/mol. The van der Waals surface area contributed by atoms with Gasteiger partial charge >= 0.3 is 0 Å². The molecule has 1 fully saturated rings. The first kappa shape index (κ1) is 13.6. The SMILES string of the molecule is O=C1N(C2CC2)c2ccccc2C12COc1cc3c(cc12)OCCO3. The van der Waals surface area contributed by atoms with Crippen molar-refractivity contribution in [3.63, 3.8) is 0 Å². The highest BCUT2D eigenvalue weighted by Crippen LogP contribution is 2.56. The lowest BCUT2D eigenvalue weighted by Gasteiger charge is -2.24. The van der Waals surface area contributed by atoms with E-state index in [4.69, 9.17) is 14.2 Å². The predicted molar refractivity (Wildman–Crippen MR) is 90.7 cm³/mol. The van der Waals surface area contributed by atoms with E-state index in [1.165, 1.54) is 0 Å². The minimum absolute atomic E-state index is 0.131. The molecule has 1 amide bonds. The van der Waals surface area contributed by atoms with Gasteiger partial charge in [0.25, 0.3) is 0 Å². The number of carbonyl (C=O) groups excluding carboxylic acids is 1. The second-order valence-electron chi connectivity index (χ2n) is 7.11. The molecule has 5 nitrogen and oxygen atoms in total. The number of rotatable bonds is 1. The van der Waals surface area contributed by atoms with Crippen molar-refractivity contribution < 1.29 is 19.0 Å². The molecule has 6 rings (SSSR count). The largest absolute Gasteiger partial charge is 0.491 e. The molecule has 1 atom stereocenters. The van der Waals surface area contributed by atoms with Gasteiger partial charge in [-0.05, 0) is 30.5 Å². The predicted octanol–water partition coefficient (Wildman–Crippen LogP) is 2.65. The van der Waals surface area contributed by atoms with Crippen molar-refractivity contribution in [1.82, 2.24) is 0 Å². The Morgan fingerprint density at radius 2 is 1.68 bits per heavy atom. The molecule has 126 valence electrons. The quantitative estimate of drug-likeness (QED) is 0.804. The zero-order valence-corrected chi connectivity index (χ0v) is 13.7. The highest BCUT2D eigenvalue weighted by molar-refractivity contribution is 6.12. The van der Waals surface area contributed by atoms with E-state index in [1.54, 1.807) is 0 Å². The standard InChI is InChI=1S/C20H17NO4/c22-19-20(13-3-1-2-4-15(13)21(19)12-5-6-12)11-25-16-10-18-17(9-14(16)20)23-7-8-24-18/h1-4,9-10,12H,5-8,11H2. The number of anilines is 1. The van der Waals surface area contributed by atoms with E-state index in [-0.39, 0.29) is 5.91 Å². The number of hydrogen-bond acceptors (Lipinski definition) is 4. The topological polar surface area (TPSA) is 48.0 Å². The van der Waals surface area contributed by atoms with Crippen molar-refractivity contribution in [3.05, 3.63) is 47.5 Å². The van der Waals surface area contributed by atoms with Crippen LogP contribution in [0.5, 0.6) is 17.2 Å². The van der Waals surface area contributed by atoms with Crippen molar-refractivity contribution >= 4 is 11.6 Å². The molecule has 25 heavy (non-hydrogen) atoms. The molecule has 3 heterocycles. The number of para-hydroxylation sites is 1. The third kappa shape index (κ3) is 1.61. The molecule has 2 aromatic rings. The molecule has 0 saturated heterocycles. The molecule has 0 radical (unpaired) electrons. The van der Waals surface area contributed by atoms with Gasteiger partial charge in [-0.2, -0.15) is 0 Å². The molecule has 2 aromatic carbocycles. The summed E-state index contributed by atoms with van der Waals surface area (Å²) in [6, 6.07) is 12.3. The van der Waals surface area contributed by atoms with Gasteiger partial charge in [-0.25, -0.2) is 0 Å². The molecule has 3 aliphatic heterocycles. The van der Waals surface area contributed by atoms with Crippen LogP contribution < -0.4 is 19.1 Å². The molecule has 4 aliphatic rings. The number of carbonyl (C=O) groups is 1. The van der Waals surface area contributed by atoms with E-state index in [0.717, 1.165) is 35.4 Å². The van der Waals surface area contributed by atoms with Crippen LogP contribution in [0.3, 0.4) is 0 Å². The Morgan fingerprint density at radius 1 is 0.920 bits per heavy atom. The van der Waals surface area contributed by atoms with Crippen molar-refractivity contribution in [1.29, 1.82) is 0 Å². The molecule has 5 heteroatoms. The number of ether oxygens (including phenoxy) is 3. The summed E-state index contributed by atoms with van der Waals surface area (Å²) in [5, 5.41) is 0. The molecular formula is C20H17NO4. The highest BCUT2D eigenvalue weighted by atomic mass is 16.6. The summed E-state index contributed by atoms with van der Waals surface area (Å²) in [6.45, 7) is 1.40. The Morgan fingerprint density at radius 3 is 2.48 bits per heavy atom. The van der Waals surface area contributed by atoms with Crippen molar-refractivity contribution in [2.24, 2.45) is 0 Å². The van der Waals surface area contributed by atoms with Crippen LogP contribution in [0.1, 0.15) is 24.0 Å². The van der Waals surface area contributed by atoms with Crippen LogP contribution in [0, 0.1) is 0 Å². The number of amides is 1. The van der Waals surface area contributed by atoms with E-state index in [0.29, 0.717) is 37.4 Å². The van der Waals surface area contributed by atoms with Gasteiger partial charge in [0.05, 0.1) is 0 Å². The Hall–Kier alpha value is -2.69. The van der Waals surface area contributed by atoms with Gasteiger partial charge < -0.3 is 19.1 Å². The van der Waals surface area contributed by atoms with E-state index in [1.807, 2.05) is 29.2 Å². The average molecular weight is 335 g/mol. The Labute approximate surface area is 145 Å². The summed E-state index contributed by atoms with van der Waals surface area (Å²) < 4.78 is 17.4. The van der Waals surface area contributed by atoms with Crippen LogP contribution in [0.25, 0.3) is 0 Å². The fourth-order valence-electron chi connectivity index (χ4n) is 4.36. The molecule has 0 aromatic heterocycles. The summed E-state index contributed by atoms with van der Waals surface area (Å²) in [4.78, 5) is 15.6. The third-order valence-corrected chi connectivity index (χ3v) is 5.67. The number of hydrogen-bond donors (Lipinski definition) is 0. The minimum Gasteiger partial charge on any atom is -0.491 e. The molecule has 1 saturated carbocycles. The van der Waals surface area contributed by atoms with Crippen LogP contribution in [-0.2, 0) is 10.2 Å². The van der Waals surface area contributed by atoms with Crippen LogP contribution in [0.15, 0.2) is 36.4 Å². The van der Waals surface area contributed by atoms with E-state index >= 15 is 0 Å². The van der Waals surface area contributed by atoms with Crippen molar-refractivity contribution in [3.8, 4) is 17.2 Å². The number of nitrogens with zero attached hydrogens (tertiary/aromatic N) is 1. The van der Waals surface area contributed by atoms with Gasteiger partial charge in [-0.3, -0.25) is 4.79 Å². The van der Waals surface area contributed by atoms with Gasteiger partial charge in [0.15, 0.2) is 11.5 Å². The normalized spacial score (nSPS) is 25.8. The zero-order chi connectivity index (χ0) is 16.6. The lowest BCUT2D eigenvalue weighted by atomic mass is 9.77. The number of benzene rings is 2. The fourth-order valence-corrected chi connectivity index (χ4v) is 4.36. The van der Waals surface area contributed by atoms with Crippen molar-refractivity contribution in [2.45, 2.75) is 24.3 Å². The maximum atomic E-state index is 13.6. The van der Waals surface area contributed by atoms with E-state index in [2.05, 4.69) is 12.1 Å². The second kappa shape index (κ2) is 4.48. The van der Waals surface area contributed by atoms with Crippen LogP contribution in [0.2, 0.25) is 0 Å². The summed E-state index contributed by atoms with van der Waals surface area (Å²) in [7, 11) is 0. The van der Waals surface area contributed by atoms with Crippen LogP contribution in [0.4, 0.5) is 5.69 Å². The fraction of sp³-hybridized carbons (Fsp3) is 0.350. The van der Waals surface area contributed by atoms with Gasteiger partial charge in [0.1, 0.15) is 31.0 Å². The summed E-state index contributed by atoms with van der Waals surface area (Å²) >= 11 is 0. The van der Waals surface area contributed by atoms with E-state index in [9.17, 15) is 4.79 Å². The summed E-state index contributed by atoms with van der Waals surface area (Å²) in [5.41, 5.74) is 2.21. The maximum Gasteiger partial charge on any atom is 0.246 e. The molecular weight excluding hydrogens is 318 g/mol. The van der Waals surface area contributed by atoms with Gasteiger partial charge in [-0.1, -0.05) is 18.2 Å². The minimum atomic E-state index is -0.760. The smallest absolute Gasteiger partial charge is 0.246 e. The number of fused-ring (bicyclic) bond motifs is 5. The van der Waals surface area contributed by atoms with Crippen LogP contribution in [-0.4, -0.2) is 31.8 Å². The first-order valence-corrected chi connectivity index (χ1v) is 8.79. The highest BCUT2D eigenvalue weighted by Gasteiger charge is 2.59. The lowest BCUT2D eigenvalue weighted by Crippen LogP contribution is -2.43. The average Bonchev–Trinajstić information content (AvgIpc) is 3.36. The summed E-state index contributed by atoms with van der Waals surface area (Å²) in [6.07, 6.45) is 2.15. The lowest BCUT2D eigenvalue weighted by molar-refractivity contribution is -0.122. The Bertz CT molecular complexity index is 920. The molecule has 1 unspecified atom stereocenters. The van der Waals surface area contributed by atoms with Gasteiger partial charge in [0.2, 0.25) is 5.91 Å². The zero-order valence-electron chi connectivity index (χ0n) is 13.7. The Kier molecular flexibility index (Phi) is 2.43. The maximum absolute atomic E-state index is 13.6. The van der Waals surface area contributed by atoms with E-state index < -0.39 is 5.41 Å². The molecule has 1 aliphatic carbocycles. The Balaban J connectivity index is 1.59. The van der Waals surface area contributed by atoms with Gasteiger partial charge in [0, 0.05) is 23.4 Å². The van der Waals surface area contributed by atoms with Crippen molar-refractivity contribution in [2.75, 3.05) is 24.7 Å². The second-order valence-corrected chi connectivity index (χ2v) is 7.11. The first-order valence-electron chi connectivity index (χ1n) is 8.79. The molecule has 0 N–H and O–H groups in total. The molecule has 1 spiro atoms.